The van der Waals surface area contributed by atoms with E-state index in [1.165, 1.54) is 7.11 Å². The van der Waals surface area contributed by atoms with E-state index in [0.29, 0.717) is 6.42 Å². The summed E-state index contributed by atoms with van der Waals surface area (Å²) in [5.74, 6) is -0.223. The SMILES string of the molecule is CCC(=O)N(C(=O)OC)C(C)(C)C. The van der Waals surface area contributed by atoms with Crippen molar-refractivity contribution in [2.45, 2.75) is 39.7 Å². The first-order valence-electron chi connectivity index (χ1n) is 4.25. The number of hydrogen-bond acceptors (Lipinski definition) is 3. The summed E-state index contributed by atoms with van der Waals surface area (Å²) in [6, 6.07) is 0. The summed E-state index contributed by atoms with van der Waals surface area (Å²) in [5.41, 5.74) is -0.528. The van der Waals surface area contributed by atoms with Crippen molar-refractivity contribution in [3.63, 3.8) is 0 Å². The van der Waals surface area contributed by atoms with Crippen LogP contribution in [0, 0.1) is 0 Å². The molecule has 0 radical (unpaired) electrons. The summed E-state index contributed by atoms with van der Waals surface area (Å²) >= 11 is 0. The lowest BCUT2D eigenvalue weighted by atomic mass is 10.1. The molecular formula is C9H17NO3. The fraction of sp³-hybridized carbons (Fsp3) is 0.778. The summed E-state index contributed by atoms with van der Waals surface area (Å²) in [7, 11) is 1.27. The molecule has 0 aliphatic carbocycles. The molecule has 2 amide bonds. The predicted molar refractivity (Wildman–Crippen MR) is 49.3 cm³/mol. The van der Waals surface area contributed by atoms with Crippen molar-refractivity contribution >= 4 is 12.0 Å². The highest BCUT2D eigenvalue weighted by atomic mass is 16.5. The molecule has 0 saturated heterocycles. The molecule has 0 N–H and O–H groups in total. The molecule has 13 heavy (non-hydrogen) atoms. The van der Waals surface area contributed by atoms with Crippen molar-refractivity contribution in [1.82, 2.24) is 4.90 Å². The Morgan fingerprint density at radius 2 is 1.77 bits per heavy atom. The zero-order chi connectivity index (χ0) is 10.6. The van der Waals surface area contributed by atoms with Gasteiger partial charge in [0.15, 0.2) is 0 Å². The summed E-state index contributed by atoms with van der Waals surface area (Å²) < 4.78 is 4.53. The maximum absolute atomic E-state index is 11.4. The van der Waals surface area contributed by atoms with Crippen LogP contribution in [0.1, 0.15) is 34.1 Å². The Labute approximate surface area is 78.9 Å². The number of carbonyl (C=O) groups is 2. The van der Waals surface area contributed by atoms with Gasteiger partial charge in [-0.15, -0.1) is 0 Å². The van der Waals surface area contributed by atoms with E-state index in [1.54, 1.807) is 27.7 Å². The molecule has 0 aromatic carbocycles. The third kappa shape index (κ3) is 3.05. The number of carbonyl (C=O) groups excluding carboxylic acids is 2. The third-order valence-electron chi connectivity index (χ3n) is 1.58. The molecule has 0 aliphatic rings. The summed E-state index contributed by atoms with van der Waals surface area (Å²) in [6.07, 6.45) is -0.300. The molecule has 0 aromatic heterocycles. The third-order valence-corrected chi connectivity index (χ3v) is 1.58. The smallest absolute Gasteiger partial charge is 0.416 e. The minimum atomic E-state index is -0.598. The van der Waals surface area contributed by atoms with E-state index in [2.05, 4.69) is 4.74 Å². The first kappa shape index (κ1) is 11.9. The minimum absolute atomic E-state index is 0.223. The predicted octanol–water partition coefficient (Wildman–Crippen LogP) is 1.79. The topological polar surface area (TPSA) is 46.6 Å². The molecule has 4 nitrogen and oxygen atoms in total. The lowest BCUT2D eigenvalue weighted by Crippen LogP contribution is -2.49. The van der Waals surface area contributed by atoms with Crippen LogP contribution >= 0.6 is 0 Å². The van der Waals surface area contributed by atoms with Crippen LogP contribution in [0.25, 0.3) is 0 Å². The molecule has 0 aliphatic heterocycles. The number of amides is 2. The van der Waals surface area contributed by atoms with E-state index in [9.17, 15) is 9.59 Å². The zero-order valence-electron chi connectivity index (χ0n) is 8.88. The molecule has 0 spiro atoms. The van der Waals surface area contributed by atoms with Gasteiger partial charge in [-0.1, -0.05) is 6.92 Å². The van der Waals surface area contributed by atoms with Gasteiger partial charge in [0.05, 0.1) is 7.11 Å². The van der Waals surface area contributed by atoms with Crippen LogP contribution < -0.4 is 0 Å². The van der Waals surface area contributed by atoms with Gasteiger partial charge in [0.2, 0.25) is 5.91 Å². The highest BCUT2D eigenvalue weighted by molar-refractivity contribution is 5.92. The van der Waals surface area contributed by atoms with Gasteiger partial charge in [-0.3, -0.25) is 4.79 Å². The van der Waals surface area contributed by atoms with E-state index in [0.717, 1.165) is 4.90 Å². The zero-order valence-corrected chi connectivity index (χ0v) is 8.88. The van der Waals surface area contributed by atoms with Gasteiger partial charge in [-0.05, 0) is 20.8 Å². The van der Waals surface area contributed by atoms with Gasteiger partial charge in [-0.2, -0.15) is 0 Å². The van der Waals surface area contributed by atoms with Crippen LogP contribution in [0.3, 0.4) is 0 Å². The number of rotatable bonds is 1. The Morgan fingerprint density at radius 3 is 2.00 bits per heavy atom. The second kappa shape index (κ2) is 4.25. The van der Waals surface area contributed by atoms with Crippen molar-refractivity contribution in [1.29, 1.82) is 0 Å². The Hall–Kier alpha value is -1.06. The second-order valence-corrected chi connectivity index (χ2v) is 3.72. The molecule has 0 aromatic rings. The molecule has 0 rings (SSSR count). The Kier molecular flexibility index (Phi) is 3.91. The number of hydrogen-bond donors (Lipinski definition) is 0. The standard InChI is InChI=1S/C9H17NO3/c1-6-7(11)10(8(12)13-5)9(2,3)4/h6H2,1-5H3. The van der Waals surface area contributed by atoms with Crippen LogP contribution in [0.5, 0.6) is 0 Å². The van der Waals surface area contributed by atoms with Gasteiger partial charge < -0.3 is 4.74 Å². The van der Waals surface area contributed by atoms with Crippen LogP contribution in [-0.2, 0) is 9.53 Å². The number of nitrogens with zero attached hydrogens (tertiary/aromatic N) is 1. The largest absolute Gasteiger partial charge is 0.452 e. The maximum Gasteiger partial charge on any atom is 0.416 e. The summed E-state index contributed by atoms with van der Waals surface area (Å²) in [4.78, 5) is 23.8. The fourth-order valence-electron chi connectivity index (χ4n) is 0.999. The molecule has 0 unspecified atom stereocenters. The molecule has 4 heteroatoms. The summed E-state index contributed by atoms with van der Waals surface area (Å²) in [5, 5.41) is 0. The number of imide groups is 1. The van der Waals surface area contributed by atoms with Crippen LogP contribution in [-0.4, -0.2) is 29.5 Å². The van der Waals surface area contributed by atoms with Gasteiger partial charge in [0, 0.05) is 12.0 Å². The molecule has 76 valence electrons. The highest BCUT2D eigenvalue weighted by Gasteiger charge is 2.31. The molecule has 0 atom stereocenters. The molecule has 0 heterocycles. The van der Waals surface area contributed by atoms with E-state index in [1.807, 2.05) is 0 Å². The first-order valence-corrected chi connectivity index (χ1v) is 4.25. The monoisotopic (exact) mass is 187 g/mol. The lowest BCUT2D eigenvalue weighted by molar-refractivity contribution is -0.132. The van der Waals surface area contributed by atoms with E-state index in [-0.39, 0.29) is 5.91 Å². The van der Waals surface area contributed by atoms with E-state index >= 15 is 0 Å². The molecule has 0 bridgehead atoms. The quantitative estimate of drug-likeness (QED) is 0.628. The second-order valence-electron chi connectivity index (χ2n) is 3.72. The Morgan fingerprint density at radius 1 is 1.31 bits per heavy atom. The number of ether oxygens (including phenoxy) is 1. The average molecular weight is 187 g/mol. The minimum Gasteiger partial charge on any atom is -0.452 e. The lowest BCUT2D eigenvalue weighted by Gasteiger charge is -2.32. The van der Waals surface area contributed by atoms with Gasteiger partial charge in [0.1, 0.15) is 0 Å². The Balaban J connectivity index is 4.76. The van der Waals surface area contributed by atoms with Crippen molar-refractivity contribution in [3.8, 4) is 0 Å². The number of methoxy groups -OCH3 is 1. The fourth-order valence-corrected chi connectivity index (χ4v) is 0.999. The van der Waals surface area contributed by atoms with Crippen molar-refractivity contribution in [3.05, 3.63) is 0 Å². The van der Waals surface area contributed by atoms with Crippen molar-refractivity contribution in [2.75, 3.05) is 7.11 Å². The van der Waals surface area contributed by atoms with Crippen molar-refractivity contribution < 1.29 is 14.3 Å². The van der Waals surface area contributed by atoms with Gasteiger partial charge in [-0.25, -0.2) is 9.69 Å². The van der Waals surface area contributed by atoms with Gasteiger partial charge in [0.25, 0.3) is 0 Å². The van der Waals surface area contributed by atoms with Crippen LogP contribution in [0.2, 0.25) is 0 Å². The maximum atomic E-state index is 11.4. The van der Waals surface area contributed by atoms with E-state index in [4.69, 9.17) is 0 Å². The van der Waals surface area contributed by atoms with Crippen LogP contribution in [0.15, 0.2) is 0 Å². The molecule has 0 saturated carbocycles. The average Bonchev–Trinajstić information content (AvgIpc) is 2.01. The first-order chi connectivity index (χ1) is 5.84. The van der Waals surface area contributed by atoms with Crippen molar-refractivity contribution in [2.24, 2.45) is 0 Å². The van der Waals surface area contributed by atoms with E-state index < -0.39 is 11.6 Å². The normalized spacial score (nSPS) is 10.8. The van der Waals surface area contributed by atoms with Crippen LogP contribution in [0.4, 0.5) is 4.79 Å². The summed E-state index contributed by atoms with van der Waals surface area (Å²) in [6.45, 7) is 7.08. The van der Waals surface area contributed by atoms with Gasteiger partial charge >= 0.3 is 6.09 Å². The molecular weight excluding hydrogens is 170 g/mol. The molecule has 0 fully saturated rings. The Bertz CT molecular complexity index is 189. The highest BCUT2D eigenvalue weighted by Crippen LogP contribution is 2.15.